The van der Waals surface area contributed by atoms with Crippen molar-refractivity contribution in [2.24, 2.45) is 4.99 Å². The summed E-state index contributed by atoms with van der Waals surface area (Å²) >= 11 is 1.62. The van der Waals surface area contributed by atoms with Gasteiger partial charge in [-0.3, -0.25) is 4.99 Å². The predicted octanol–water partition coefficient (Wildman–Crippen LogP) is 0.612. The van der Waals surface area contributed by atoms with E-state index in [0.717, 1.165) is 0 Å². The molecule has 1 N–H and O–H groups in total. The lowest BCUT2D eigenvalue weighted by Gasteiger charge is -1.88. The molecule has 0 aromatic rings. The molecule has 0 saturated carbocycles. The molecule has 1 aliphatic heterocycles. The summed E-state index contributed by atoms with van der Waals surface area (Å²) in [5.74, 6) is 0. The van der Waals surface area contributed by atoms with E-state index in [0.29, 0.717) is 5.37 Å². The lowest BCUT2D eigenvalue weighted by Crippen LogP contribution is -1.91. The molecule has 2 nitrogen and oxygen atoms in total. The monoisotopic (exact) mass is 102 g/mol. The highest BCUT2D eigenvalue weighted by Crippen LogP contribution is 2.08. The Morgan fingerprint density at radius 2 is 2.83 bits per heavy atom. The molecule has 1 aliphatic rings. The van der Waals surface area contributed by atoms with Crippen LogP contribution in [0.4, 0.5) is 0 Å². The lowest BCUT2D eigenvalue weighted by molar-refractivity contribution is 1.07. The summed E-state index contributed by atoms with van der Waals surface area (Å²) in [6, 6.07) is 0. The fourth-order valence-corrected chi connectivity index (χ4v) is 0.735. The Hall–Kier alpha value is -0.180. The number of hydrogen-bond donors (Lipinski definition) is 1. The van der Waals surface area contributed by atoms with Gasteiger partial charge in [0.25, 0.3) is 0 Å². The fraction of sp³-hybridized carbons (Fsp3) is 0.667. The number of nitrogens with zero attached hydrogens (tertiary/aromatic N) is 1. The van der Waals surface area contributed by atoms with Gasteiger partial charge in [0.1, 0.15) is 5.37 Å². The number of aliphatic imine (C=N–C) groups is 1. The molecule has 1 rings (SSSR count). The van der Waals surface area contributed by atoms with Gasteiger partial charge in [-0.25, -0.2) is 0 Å². The second kappa shape index (κ2) is 1.51. The van der Waals surface area contributed by atoms with Gasteiger partial charge in [-0.2, -0.15) is 0 Å². The van der Waals surface area contributed by atoms with Crippen molar-refractivity contribution in [3.63, 3.8) is 0 Å². The summed E-state index contributed by atoms with van der Waals surface area (Å²) in [5.41, 5.74) is 0. The average molecular weight is 102 g/mol. The van der Waals surface area contributed by atoms with E-state index in [9.17, 15) is 0 Å². The molecule has 0 aliphatic carbocycles. The van der Waals surface area contributed by atoms with Crippen LogP contribution in [0.2, 0.25) is 0 Å². The van der Waals surface area contributed by atoms with E-state index in [1.54, 1.807) is 18.3 Å². The first-order chi connectivity index (χ1) is 2.89. The van der Waals surface area contributed by atoms with E-state index in [-0.39, 0.29) is 0 Å². The molecule has 1 atom stereocenters. The van der Waals surface area contributed by atoms with Gasteiger partial charge in [-0.15, -0.1) is 0 Å². The van der Waals surface area contributed by atoms with Crippen molar-refractivity contribution in [1.82, 2.24) is 4.72 Å². The summed E-state index contributed by atoms with van der Waals surface area (Å²) < 4.78 is 2.90. The Morgan fingerprint density at radius 1 is 2.00 bits per heavy atom. The van der Waals surface area contributed by atoms with E-state index < -0.39 is 0 Å². The van der Waals surface area contributed by atoms with Crippen LogP contribution in [0.25, 0.3) is 0 Å². The van der Waals surface area contributed by atoms with Gasteiger partial charge >= 0.3 is 0 Å². The summed E-state index contributed by atoms with van der Waals surface area (Å²) in [5, 5.41) is 0.421. The second-order valence-corrected chi connectivity index (χ2v) is 2.27. The van der Waals surface area contributed by atoms with Gasteiger partial charge in [0.2, 0.25) is 0 Å². The van der Waals surface area contributed by atoms with Crippen LogP contribution >= 0.6 is 11.9 Å². The minimum absolute atomic E-state index is 0.421. The quantitative estimate of drug-likeness (QED) is 0.453. The van der Waals surface area contributed by atoms with Gasteiger partial charge in [0.05, 0.1) is 6.34 Å². The highest BCUT2D eigenvalue weighted by atomic mass is 32.2. The van der Waals surface area contributed by atoms with Gasteiger partial charge in [-0.05, 0) is 18.9 Å². The van der Waals surface area contributed by atoms with Crippen LogP contribution in [0.15, 0.2) is 4.99 Å². The van der Waals surface area contributed by atoms with Crippen molar-refractivity contribution in [1.29, 1.82) is 0 Å². The van der Waals surface area contributed by atoms with Crippen LogP contribution in [0, 0.1) is 0 Å². The molecule has 0 spiro atoms. The highest BCUT2D eigenvalue weighted by molar-refractivity contribution is 7.98. The maximum atomic E-state index is 3.96. The van der Waals surface area contributed by atoms with Crippen molar-refractivity contribution < 1.29 is 0 Å². The van der Waals surface area contributed by atoms with E-state index in [2.05, 4.69) is 9.71 Å². The molecule has 0 fully saturated rings. The maximum Gasteiger partial charge on any atom is 0.114 e. The lowest BCUT2D eigenvalue weighted by atomic mass is 10.8. The van der Waals surface area contributed by atoms with Crippen LogP contribution in [-0.2, 0) is 0 Å². The molecule has 34 valence electrons. The van der Waals surface area contributed by atoms with Gasteiger partial charge in [0, 0.05) is 0 Å². The summed E-state index contributed by atoms with van der Waals surface area (Å²) in [7, 11) is 0. The number of nitrogens with one attached hydrogen (secondary N) is 1. The first-order valence-electron chi connectivity index (χ1n) is 1.82. The molecule has 0 aromatic heterocycles. The third-order valence-electron chi connectivity index (χ3n) is 0.576. The fourth-order valence-electron chi connectivity index (χ4n) is 0.295. The Kier molecular flexibility index (Phi) is 1.01. The third kappa shape index (κ3) is 0.653. The van der Waals surface area contributed by atoms with Gasteiger partial charge in [0.15, 0.2) is 0 Å². The Labute approximate surface area is 41.2 Å². The Bertz CT molecular complexity index is 71.2. The van der Waals surface area contributed by atoms with E-state index >= 15 is 0 Å². The van der Waals surface area contributed by atoms with Crippen molar-refractivity contribution in [3.8, 4) is 0 Å². The molecule has 1 heterocycles. The summed E-state index contributed by atoms with van der Waals surface area (Å²) in [6.45, 7) is 2.04. The predicted molar refractivity (Wildman–Crippen MR) is 28.7 cm³/mol. The largest absolute Gasteiger partial charge is 0.319 e. The van der Waals surface area contributed by atoms with E-state index in [1.807, 2.05) is 6.92 Å². The van der Waals surface area contributed by atoms with Gasteiger partial charge in [-0.1, -0.05) is 0 Å². The summed E-state index contributed by atoms with van der Waals surface area (Å²) in [4.78, 5) is 3.96. The minimum atomic E-state index is 0.421. The molecule has 0 radical (unpaired) electrons. The topological polar surface area (TPSA) is 24.4 Å². The maximum absolute atomic E-state index is 3.96. The van der Waals surface area contributed by atoms with Crippen LogP contribution in [0.3, 0.4) is 0 Å². The van der Waals surface area contributed by atoms with Gasteiger partial charge < -0.3 is 4.72 Å². The van der Waals surface area contributed by atoms with Crippen molar-refractivity contribution in [3.05, 3.63) is 0 Å². The number of rotatable bonds is 0. The molecule has 0 saturated heterocycles. The molecule has 0 amide bonds. The average Bonchev–Trinajstić information content (AvgIpc) is 1.86. The zero-order valence-electron chi connectivity index (χ0n) is 3.51. The first kappa shape index (κ1) is 3.99. The van der Waals surface area contributed by atoms with Crippen molar-refractivity contribution in [2.45, 2.75) is 12.3 Å². The van der Waals surface area contributed by atoms with Crippen molar-refractivity contribution >= 4 is 18.3 Å². The normalized spacial score (nSPS) is 30.5. The third-order valence-corrected chi connectivity index (χ3v) is 1.28. The Morgan fingerprint density at radius 3 is 3.00 bits per heavy atom. The smallest absolute Gasteiger partial charge is 0.114 e. The zero-order chi connectivity index (χ0) is 4.41. The highest BCUT2D eigenvalue weighted by Gasteiger charge is 1.99. The van der Waals surface area contributed by atoms with Crippen molar-refractivity contribution in [2.75, 3.05) is 0 Å². The van der Waals surface area contributed by atoms with Crippen LogP contribution in [0.1, 0.15) is 6.92 Å². The minimum Gasteiger partial charge on any atom is -0.319 e. The van der Waals surface area contributed by atoms with E-state index in [1.165, 1.54) is 0 Å². The molecule has 6 heavy (non-hydrogen) atoms. The second-order valence-electron chi connectivity index (χ2n) is 1.11. The molecule has 1 unspecified atom stereocenters. The molecule has 3 heteroatoms. The van der Waals surface area contributed by atoms with Crippen LogP contribution in [0.5, 0.6) is 0 Å². The Balaban J connectivity index is 2.38. The van der Waals surface area contributed by atoms with Crippen LogP contribution < -0.4 is 4.72 Å². The standard InChI is InChI=1S/C3H6N2S/c1-3-4-2-5-6-3/h2-3H,1H3,(H,4,5). The first-order valence-corrected chi connectivity index (χ1v) is 2.70. The van der Waals surface area contributed by atoms with E-state index in [4.69, 9.17) is 0 Å². The molecule has 0 aromatic carbocycles. The SMILES string of the molecule is CC1N=CNS1. The number of hydrogen-bond acceptors (Lipinski definition) is 3. The molecular formula is C3H6N2S. The molecular weight excluding hydrogens is 96.1 g/mol. The molecule has 0 bridgehead atoms. The zero-order valence-corrected chi connectivity index (χ0v) is 4.33. The van der Waals surface area contributed by atoms with Crippen LogP contribution in [-0.4, -0.2) is 11.7 Å². The summed E-state index contributed by atoms with van der Waals surface area (Å²) in [6.07, 6.45) is 1.72.